The number of nitrogens with zero attached hydrogens (tertiary/aromatic N) is 1. The van der Waals surface area contributed by atoms with E-state index in [1.165, 1.54) is 0 Å². The van der Waals surface area contributed by atoms with E-state index in [0.29, 0.717) is 12.3 Å². The number of pyridine rings is 1. The molecule has 0 bridgehead atoms. The molecule has 0 fully saturated rings. The second kappa shape index (κ2) is 4.17. The minimum absolute atomic E-state index is 0.689. The number of rotatable bonds is 3. The number of nitrogen functional groups attached to an aromatic ring is 1. The van der Waals surface area contributed by atoms with Gasteiger partial charge in [-0.1, -0.05) is 6.92 Å². The highest BCUT2D eigenvalue weighted by molar-refractivity contribution is 5.93. The molecule has 0 saturated heterocycles. The van der Waals surface area contributed by atoms with Crippen LogP contribution in [0.15, 0.2) is 30.5 Å². The number of anilines is 1. The van der Waals surface area contributed by atoms with Crippen LogP contribution in [0, 0.1) is 0 Å². The maximum atomic E-state index is 5.84. The van der Waals surface area contributed by atoms with Gasteiger partial charge in [0, 0.05) is 11.6 Å². The fourth-order valence-corrected chi connectivity index (χ4v) is 1.51. The van der Waals surface area contributed by atoms with E-state index in [4.69, 9.17) is 10.5 Å². The Labute approximate surface area is 88.9 Å². The molecule has 3 nitrogen and oxygen atoms in total. The first-order chi connectivity index (χ1) is 7.33. The first-order valence-electron chi connectivity index (χ1n) is 5.09. The van der Waals surface area contributed by atoms with Gasteiger partial charge < -0.3 is 10.5 Å². The third-order valence-corrected chi connectivity index (χ3v) is 2.22. The van der Waals surface area contributed by atoms with Gasteiger partial charge in [0.1, 0.15) is 5.75 Å². The molecule has 0 atom stereocenters. The molecule has 2 aromatic rings. The van der Waals surface area contributed by atoms with Crippen LogP contribution in [0.4, 0.5) is 5.69 Å². The number of benzene rings is 1. The average molecular weight is 202 g/mol. The lowest BCUT2D eigenvalue weighted by atomic mass is 10.2. The van der Waals surface area contributed by atoms with Crippen molar-refractivity contribution in [1.29, 1.82) is 0 Å². The standard InChI is InChI=1S/C12H14N2O/c1-2-8-15-11-6-5-10(13)12-9(11)4-3-7-14-12/h3-7H,2,8,13H2,1H3. The van der Waals surface area contributed by atoms with Gasteiger partial charge in [0.15, 0.2) is 0 Å². The van der Waals surface area contributed by atoms with Crippen molar-refractivity contribution >= 4 is 16.6 Å². The minimum Gasteiger partial charge on any atom is -0.493 e. The largest absolute Gasteiger partial charge is 0.493 e. The van der Waals surface area contributed by atoms with Crippen LogP contribution < -0.4 is 10.5 Å². The molecule has 0 aliphatic carbocycles. The van der Waals surface area contributed by atoms with Crippen molar-refractivity contribution in [2.75, 3.05) is 12.3 Å². The molecule has 78 valence electrons. The average Bonchev–Trinajstić information content (AvgIpc) is 2.29. The summed E-state index contributed by atoms with van der Waals surface area (Å²) in [5.41, 5.74) is 7.34. The predicted octanol–water partition coefficient (Wildman–Crippen LogP) is 2.61. The van der Waals surface area contributed by atoms with Gasteiger partial charge in [-0.15, -0.1) is 0 Å². The molecule has 1 aromatic carbocycles. The van der Waals surface area contributed by atoms with E-state index in [9.17, 15) is 0 Å². The molecule has 1 aromatic heterocycles. The zero-order chi connectivity index (χ0) is 10.7. The van der Waals surface area contributed by atoms with Crippen molar-refractivity contribution in [3.63, 3.8) is 0 Å². The van der Waals surface area contributed by atoms with Crippen LogP contribution in [-0.2, 0) is 0 Å². The Morgan fingerprint density at radius 2 is 2.20 bits per heavy atom. The van der Waals surface area contributed by atoms with Gasteiger partial charge >= 0.3 is 0 Å². The molecule has 1 heterocycles. The van der Waals surface area contributed by atoms with E-state index in [1.807, 2.05) is 24.3 Å². The zero-order valence-electron chi connectivity index (χ0n) is 8.73. The van der Waals surface area contributed by atoms with Gasteiger partial charge in [0.2, 0.25) is 0 Å². The van der Waals surface area contributed by atoms with Crippen LogP contribution in [0.1, 0.15) is 13.3 Å². The lowest BCUT2D eigenvalue weighted by molar-refractivity contribution is 0.321. The summed E-state index contributed by atoms with van der Waals surface area (Å²) < 4.78 is 5.63. The van der Waals surface area contributed by atoms with Crippen molar-refractivity contribution in [2.45, 2.75) is 13.3 Å². The Kier molecular flexibility index (Phi) is 2.72. The van der Waals surface area contributed by atoms with Gasteiger partial charge in [0.25, 0.3) is 0 Å². The van der Waals surface area contributed by atoms with Crippen LogP contribution in [0.25, 0.3) is 10.9 Å². The van der Waals surface area contributed by atoms with Crippen molar-refractivity contribution in [1.82, 2.24) is 4.98 Å². The summed E-state index contributed by atoms with van der Waals surface area (Å²) in [6.07, 6.45) is 2.73. The van der Waals surface area contributed by atoms with E-state index in [-0.39, 0.29) is 0 Å². The molecular weight excluding hydrogens is 188 g/mol. The summed E-state index contributed by atoms with van der Waals surface area (Å²) in [6.45, 7) is 2.80. The maximum Gasteiger partial charge on any atom is 0.128 e. The molecule has 0 aliphatic heterocycles. The summed E-state index contributed by atoms with van der Waals surface area (Å²) in [7, 11) is 0. The van der Waals surface area contributed by atoms with Crippen LogP contribution in [0.3, 0.4) is 0 Å². The Hall–Kier alpha value is -1.77. The second-order valence-corrected chi connectivity index (χ2v) is 3.40. The Bertz CT molecular complexity index is 468. The molecule has 0 saturated carbocycles. The lowest BCUT2D eigenvalue weighted by Crippen LogP contribution is -1.97. The monoisotopic (exact) mass is 202 g/mol. The zero-order valence-corrected chi connectivity index (χ0v) is 8.73. The third kappa shape index (κ3) is 1.86. The van der Waals surface area contributed by atoms with Crippen molar-refractivity contribution in [3.05, 3.63) is 30.5 Å². The highest BCUT2D eigenvalue weighted by Crippen LogP contribution is 2.28. The molecule has 0 amide bonds. The van der Waals surface area contributed by atoms with Crippen LogP contribution >= 0.6 is 0 Å². The highest BCUT2D eigenvalue weighted by Gasteiger charge is 2.04. The fourth-order valence-electron chi connectivity index (χ4n) is 1.51. The molecule has 0 spiro atoms. The number of hydrogen-bond donors (Lipinski definition) is 1. The molecule has 0 radical (unpaired) electrons. The van der Waals surface area contributed by atoms with E-state index in [0.717, 1.165) is 23.1 Å². The van der Waals surface area contributed by atoms with Crippen molar-refractivity contribution in [2.24, 2.45) is 0 Å². The summed E-state index contributed by atoms with van der Waals surface area (Å²) in [6, 6.07) is 7.60. The number of hydrogen-bond acceptors (Lipinski definition) is 3. The normalized spacial score (nSPS) is 10.5. The molecule has 0 unspecified atom stereocenters. The van der Waals surface area contributed by atoms with Gasteiger partial charge in [-0.25, -0.2) is 0 Å². The van der Waals surface area contributed by atoms with Crippen LogP contribution in [0.2, 0.25) is 0 Å². The highest BCUT2D eigenvalue weighted by atomic mass is 16.5. The molecule has 2 rings (SSSR count). The van der Waals surface area contributed by atoms with E-state index < -0.39 is 0 Å². The summed E-state index contributed by atoms with van der Waals surface area (Å²) in [4.78, 5) is 4.24. The Morgan fingerprint density at radius 1 is 1.33 bits per heavy atom. The van der Waals surface area contributed by atoms with E-state index in [1.54, 1.807) is 6.20 Å². The fraction of sp³-hybridized carbons (Fsp3) is 0.250. The van der Waals surface area contributed by atoms with Gasteiger partial charge in [-0.3, -0.25) is 4.98 Å². The summed E-state index contributed by atoms with van der Waals surface area (Å²) in [5, 5.41) is 0.978. The Morgan fingerprint density at radius 3 is 3.00 bits per heavy atom. The second-order valence-electron chi connectivity index (χ2n) is 3.40. The lowest BCUT2D eigenvalue weighted by Gasteiger charge is -2.08. The topological polar surface area (TPSA) is 48.1 Å². The smallest absolute Gasteiger partial charge is 0.128 e. The van der Waals surface area contributed by atoms with Gasteiger partial charge in [-0.2, -0.15) is 0 Å². The van der Waals surface area contributed by atoms with Crippen molar-refractivity contribution in [3.8, 4) is 5.75 Å². The molecule has 0 aliphatic rings. The number of nitrogens with two attached hydrogens (primary N) is 1. The van der Waals surface area contributed by atoms with E-state index >= 15 is 0 Å². The van der Waals surface area contributed by atoms with E-state index in [2.05, 4.69) is 11.9 Å². The number of ether oxygens (including phenoxy) is 1. The van der Waals surface area contributed by atoms with Gasteiger partial charge in [-0.05, 0) is 30.7 Å². The van der Waals surface area contributed by atoms with Crippen molar-refractivity contribution < 1.29 is 4.74 Å². The first-order valence-corrected chi connectivity index (χ1v) is 5.09. The van der Waals surface area contributed by atoms with Crippen LogP contribution in [0.5, 0.6) is 5.75 Å². The molecule has 3 heteroatoms. The third-order valence-electron chi connectivity index (χ3n) is 2.22. The Balaban J connectivity index is 2.51. The predicted molar refractivity (Wildman–Crippen MR) is 61.9 cm³/mol. The number of aromatic nitrogens is 1. The minimum atomic E-state index is 0.689. The quantitative estimate of drug-likeness (QED) is 0.778. The first kappa shape index (κ1) is 9.77. The summed E-state index contributed by atoms with van der Waals surface area (Å²) in [5.74, 6) is 0.856. The van der Waals surface area contributed by atoms with Crippen LogP contribution in [-0.4, -0.2) is 11.6 Å². The molecule has 15 heavy (non-hydrogen) atoms. The SMILES string of the molecule is CCCOc1ccc(N)c2ncccc12. The molecule has 2 N–H and O–H groups in total. The maximum absolute atomic E-state index is 5.84. The summed E-state index contributed by atoms with van der Waals surface area (Å²) >= 11 is 0. The number of fused-ring (bicyclic) bond motifs is 1. The van der Waals surface area contributed by atoms with Gasteiger partial charge in [0.05, 0.1) is 17.8 Å². The molecular formula is C12H14N2O.